The van der Waals surface area contributed by atoms with Crippen LogP contribution in [0.4, 0.5) is 10.5 Å². The Morgan fingerprint density at radius 1 is 1.31 bits per heavy atom. The number of para-hydroxylation sites is 1. The molecule has 136 valence electrons. The standard InChI is InChI=1S/C18H19N3O5/c1-12(16(22)21-9-8-19-18(21)24)26-17(23)14-6-2-3-7-15(14)20-11-13-5-4-10-25-13/h2-7,10,12,20H,8-9,11H2,1H3,(H,19,24)/t12-/m0/s1. The van der Waals surface area contributed by atoms with E-state index in [0.717, 1.165) is 10.7 Å². The van der Waals surface area contributed by atoms with Crippen LogP contribution in [0.2, 0.25) is 0 Å². The van der Waals surface area contributed by atoms with E-state index in [4.69, 9.17) is 9.15 Å². The van der Waals surface area contributed by atoms with Gasteiger partial charge >= 0.3 is 12.0 Å². The van der Waals surface area contributed by atoms with Crippen molar-refractivity contribution in [2.24, 2.45) is 0 Å². The molecule has 8 heteroatoms. The van der Waals surface area contributed by atoms with Crippen LogP contribution in [0.3, 0.4) is 0 Å². The first-order valence-electron chi connectivity index (χ1n) is 8.21. The zero-order chi connectivity index (χ0) is 18.5. The van der Waals surface area contributed by atoms with E-state index < -0.39 is 24.0 Å². The van der Waals surface area contributed by atoms with Crippen molar-refractivity contribution in [1.82, 2.24) is 10.2 Å². The predicted molar refractivity (Wildman–Crippen MR) is 92.5 cm³/mol. The molecule has 8 nitrogen and oxygen atoms in total. The van der Waals surface area contributed by atoms with E-state index in [-0.39, 0.29) is 6.54 Å². The highest BCUT2D eigenvalue weighted by Gasteiger charge is 2.32. The SMILES string of the molecule is C[C@H](OC(=O)c1ccccc1NCc1ccco1)C(=O)N1CCNC1=O. The number of anilines is 1. The summed E-state index contributed by atoms with van der Waals surface area (Å²) in [6.45, 7) is 2.51. The number of esters is 1. The van der Waals surface area contributed by atoms with Crippen molar-refractivity contribution in [3.05, 3.63) is 54.0 Å². The fraction of sp³-hybridized carbons (Fsp3) is 0.278. The molecular weight excluding hydrogens is 338 g/mol. The summed E-state index contributed by atoms with van der Waals surface area (Å²) in [5, 5.41) is 5.64. The van der Waals surface area contributed by atoms with E-state index in [2.05, 4.69) is 10.6 Å². The number of nitrogens with zero attached hydrogens (tertiary/aromatic N) is 1. The molecule has 2 heterocycles. The van der Waals surface area contributed by atoms with Gasteiger partial charge in [-0.1, -0.05) is 12.1 Å². The van der Waals surface area contributed by atoms with Gasteiger partial charge in [0.2, 0.25) is 0 Å². The molecule has 2 aromatic rings. The number of benzene rings is 1. The number of imide groups is 1. The fourth-order valence-electron chi connectivity index (χ4n) is 2.59. The number of ether oxygens (including phenoxy) is 1. The second kappa shape index (κ2) is 7.73. The van der Waals surface area contributed by atoms with Crippen LogP contribution < -0.4 is 10.6 Å². The molecule has 3 amide bonds. The lowest BCUT2D eigenvalue weighted by atomic mass is 10.1. The summed E-state index contributed by atoms with van der Waals surface area (Å²) in [4.78, 5) is 37.3. The summed E-state index contributed by atoms with van der Waals surface area (Å²) < 4.78 is 10.5. The molecule has 3 rings (SSSR count). The summed E-state index contributed by atoms with van der Waals surface area (Å²) in [5.41, 5.74) is 0.858. The number of amides is 3. The van der Waals surface area contributed by atoms with Crippen LogP contribution in [0.5, 0.6) is 0 Å². The molecule has 1 aromatic heterocycles. The van der Waals surface area contributed by atoms with Crippen molar-refractivity contribution in [3.8, 4) is 0 Å². The van der Waals surface area contributed by atoms with Gasteiger partial charge in [-0.05, 0) is 31.2 Å². The van der Waals surface area contributed by atoms with Gasteiger partial charge in [0.15, 0.2) is 6.10 Å². The molecule has 0 saturated carbocycles. The zero-order valence-electron chi connectivity index (χ0n) is 14.2. The minimum atomic E-state index is -1.07. The van der Waals surface area contributed by atoms with E-state index in [0.29, 0.717) is 24.3 Å². The predicted octanol–water partition coefficient (Wildman–Crippen LogP) is 1.99. The third-order valence-corrected chi connectivity index (χ3v) is 3.93. The van der Waals surface area contributed by atoms with Gasteiger partial charge in [-0.2, -0.15) is 0 Å². The average Bonchev–Trinajstić information content (AvgIpc) is 3.31. The Balaban J connectivity index is 1.65. The summed E-state index contributed by atoms with van der Waals surface area (Å²) in [6.07, 6.45) is 0.503. The van der Waals surface area contributed by atoms with E-state index >= 15 is 0 Å². The summed E-state index contributed by atoms with van der Waals surface area (Å²) in [5.74, 6) is -0.473. The second-order valence-corrected chi connectivity index (χ2v) is 5.75. The van der Waals surface area contributed by atoms with Crippen molar-refractivity contribution in [2.45, 2.75) is 19.6 Å². The molecule has 0 radical (unpaired) electrons. The molecule has 26 heavy (non-hydrogen) atoms. The third-order valence-electron chi connectivity index (χ3n) is 3.93. The molecule has 1 fully saturated rings. The van der Waals surface area contributed by atoms with Crippen LogP contribution in [-0.4, -0.2) is 42.0 Å². The van der Waals surface area contributed by atoms with Crippen LogP contribution in [-0.2, 0) is 16.1 Å². The molecule has 0 unspecified atom stereocenters. The molecule has 1 aliphatic rings. The first-order chi connectivity index (χ1) is 12.6. The fourth-order valence-corrected chi connectivity index (χ4v) is 2.59. The first-order valence-corrected chi connectivity index (χ1v) is 8.21. The molecule has 0 bridgehead atoms. The Kier molecular flexibility index (Phi) is 5.21. The second-order valence-electron chi connectivity index (χ2n) is 5.75. The lowest BCUT2D eigenvalue weighted by molar-refractivity contribution is -0.136. The van der Waals surface area contributed by atoms with Crippen molar-refractivity contribution in [3.63, 3.8) is 0 Å². The van der Waals surface area contributed by atoms with Crippen LogP contribution in [0.15, 0.2) is 47.1 Å². The smallest absolute Gasteiger partial charge is 0.341 e. The Hall–Kier alpha value is -3.29. The molecule has 1 saturated heterocycles. The van der Waals surface area contributed by atoms with E-state index in [9.17, 15) is 14.4 Å². The Morgan fingerprint density at radius 2 is 2.12 bits per heavy atom. The topological polar surface area (TPSA) is 101 Å². The molecular formula is C18H19N3O5. The largest absolute Gasteiger partial charge is 0.467 e. The van der Waals surface area contributed by atoms with Crippen LogP contribution in [0.25, 0.3) is 0 Å². The van der Waals surface area contributed by atoms with E-state index in [1.165, 1.54) is 6.92 Å². The number of furan rings is 1. The van der Waals surface area contributed by atoms with Crippen LogP contribution in [0.1, 0.15) is 23.0 Å². The first kappa shape index (κ1) is 17.5. The van der Waals surface area contributed by atoms with Gasteiger partial charge < -0.3 is 19.8 Å². The van der Waals surface area contributed by atoms with E-state index in [1.807, 2.05) is 6.07 Å². The minimum Gasteiger partial charge on any atom is -0.467 e. The lowest BCUT2D eigenvalue weighted by Crippen LogP contribution is -2.41. The zero-order valence-corrected chi connectivity index (χ0v) is 14.2. The van der Waals surface area contributed by atoms with Gasteiger partial charge in [0.1, 0.15) is 5.76 Å². The van der Waals surface area contributed by atoms with Gasteiger partial charge in [0.25, 0.3) is 5.91 Å². The Labute approximate surface area is 150 Å². The molecule has 0 spiro atoms. The number of hydrogen-bond acceptors (Lipinski definition) is 6. The number of urea groups is 1. The summed E-state index contributed by atoms with van der Waals surface area (Å²) in [7, 11) is 0. The highest BCUT2D eigenvalue weighted by Crippen LogP contribution is 2.18. The normalized spacial score (nSPS) is 14.7. The van der Waals surface area contributed by atoms with Crippen molar-refractivity contribution < 1.29 is 23.5 Å². The molecule has 2 N–H and O–H groups in total. The van der Waals surface area contributed by atoms with Crippen molar-refractivity contribution >= 4 is 23.6 Å². The maximum absolute atomic E-state index is 12.5. The molecule has 1 aliphatic heterocycles. The van der Waals surface area contributed by atoms with Crippen LogP contribution in [0, 0.1) is 0 Å². The summed E-state index contributed by atoms with van der Waals surface area (Å²) in [6, 6.07) is 9.94. The number of hydrogen-bond donors (Lipinski definition) is 2. The number of rotatable bonds is 6. The molecule has 0 aliphatic carbocycles. The summed E-state index contributed by atoms with van der Waals surface area (Å²) >= 11 is 0. The maximum atomic E-state index is 12.5. The van der Waals surface area contributed by atoms with E-state index in [1.54, 1.807) is 36.6 Å². The average molecular weight is 357 g/mol. The third kappa shape index (κ3) is 3.85. The number of nitrogens with one attached hydrogen (secondary N) is 2. The Morgan fingerprint density at radius 3 is 2.81 bits per heavy atom. The monoisotopic (exact) mass is 357 g/mol. The van der Waals surface area contributed by atoms with Crippen molar-refractivity contribution in [2.75, 3.05) is 18.4 Å². The maximum Gasteiger partial charge on any atom is 0.341 e. The van der Waals surface area contributed by atoms with Gasteiger partial charge in [-0.3, -0.25) is 9.69 Å². The van der Waals surface area contributed by atoms with Gasteiger partial charge in [0, 0.05) is 18.8 Å². The van der Waals surface area contributed by atoms with Gasteiger partial charge in [0.05, 0.1) is 18.4 Å². The Bertz CT molecular complexity index is 803. The minimum absolute atomic E-state index is 0.265. The van der Waals surface area contributed by atoms with Crippen molar-refractivity contribution in [1.29, 1.82) is 0 Å². The molecule has 1 atom stereocenters. The highest BCUT2D eigenvalue weighted by molar-refractivity contribution is 6.00. The van der Waals surface area contributed by atoms with Crippen LogP contribution >= 0.6 is 0 Å². The quantitative estimate of drug-likeness (QED) is 0.767. The van der Waals surface area contributed by atoms with Gasteiger partial charge in [-0.15, -0.1) is 0 Å². The number of carbonyl (C=O) groups excluding carboxylic acids is 3. The van der Waals surface area contributed by atoms with Gasteiger partial charge in [-0.25, -0.2) is 9.59 Å². The lowest BCUT2D eigenvalue weighted by Gasteiger charge is -2.19. The number of carbonyl (C=O) groups is 3. The molecule has 1 aromatic carbocycles. The highest BCUT2D eigenvalue weighted by atomic mass is 16.5.